The van der Waals surface area contributed by atoms with Gasteiger partial charge in [0.2, 0.25) is 0 Å². The second kappa shape index (κ2) is 6.24. The minimum atomic E-state index is -0.475. The van der Waals surface area contributed by atoms with Crippen molar-refractivity contribution in [3.63, 3.8) is 0 Å². The van der Waals surface area contributed by atoms with Crippen molar-refractivity contribution in [1.82, 2.24) is 0 Å². The topological polar surface area (TPSA) is 0 Å². The van der Waals surface area contributed by atoms with Crippen LogP contribution in [0.3, 0.4) is 0 Å². The molecule has 3 rings (SSSR count). The summed E-state index contributed by atoms with van der Waals surface area (Å²) in [5.41, 5.74) is 2.63. The van der Waals surface area contributed by atoms with Crippen molar-refractivity contribution in [2.75, 3.05) is 0 Å². The van der Waals surface area contributed by atoms with Crippen molar-refractivity contribution in [1.29, 1.82) is 0 Å². The number of hydrogen-bond acceptors (Lipinski definition) is 0. The van der Waals surface area contributed by atoms with Crippen LogP contribution in [-0.4, -0.2) is 0 Å². The number of rotatable bonds is 3. The van der Waals surface area contributed by atoms with Gasteiger partial charge in [0, 0.05) is 0 Å². The summed E-state index contributed by atoms with van der Waals surface area (Å²) in [6.07, 6.45) is 0. The Kier molecular flexibility index (Phi) is 4.18. The van der Waals surface area contributed by atoms with E-state index in [2.05, 4.69) is 92.7 Å². The molecule has 3 aromatic rings. The Labute approximate surface area is 128 Å². The van der Waals surface area contributed by atoms with Gasteiger partial charge in [-0.2, -0.15) is 0 Å². The van der Waals surface area contributed by atoms with Gasteiger partial charge in [-0.1, -0.05) is 90.0 Å². The van der Waals surface area contributed by atoms with Gasteiger partial charge in [0.05, 0.1) is 0 Å². The molecule has 0 spiro atoms. The van der Waals surface area contributed by atoms with Crippen molar-refractivity contribution >= 4 is 23.8 Å². The molecule has 0 saturated heterocycles. The first-order valence-electron chi connectivity index (χ1n) is 7.22. The zero-order valence-electron chi connectivity index (χ0n) is 12.5. The van der Waals surface area contributed by atoms with Crippen molar-refractivity contribution in [3.05, 3.63) is 90.0 Å². The van der Waals surface area contributed by atoms with E-state index in [4.69, 9.17) is 0 Å². The maximum atomic E-state index is 2.32. The van der Waals surface area contributed by atoms with E-state index in [1.54, 1.807) is 0 Å². The van der Waals surface area contributed by atoms with Crippen LogP contribution in [0.4, 0.5) is 0 Å². The zero-order valence-corrected chi connectivity index (χ0v) is 13.3. The van der Waals surface area contributed by atoms with Gasteiger partial charge in [0.1, 0.15) is 0 Å². The fourth-order valence-corrected chi connectivity index (χ4v) is 4.86. The standard InChI is InChI=1S/C20H19P/c1-16-11-13-19(14-12-16)21(18-8-4-3-5-9-18)20-10-6-7-17(2)15-20/h3-15H,1-2H3. The Hall–Kier alpha value is -1.91. The third-order valence-electron chi connectivity index (χ3n) is 3.57. The Bertz CT molecular complexity index is 714. The molecule has 0 fully saturated rings. The van der Waals surface area contributed by atoms with Crippen LogP contribution in [0.15, 0.2) is 78.9 Å². The Morgan fingerprint density at radius 1 is 0.524 bits per heavy atom. The molecule has 0 amide bonds. The highest BCUT2D eigenvalue weighted by atomic mass is 31.1. The van der Waals surface area contributed by atoms with Crippen molar-refractivity contribution in [2.45, 2.75) is 13.8 Å². The molecule has 1 atom stereocenters. The van der Waals surface area contributed by atoms with Gasteiger partial charge in [0.15, 0.2) is 0 Å². The van der Waals surface area contributed by atoms with Gasteiger partial charge < -0.3 is 0 Å². The van der Waals surface area contributed by atoms with Gasteiger partial charge in [0.25, 0.3) is 0 Å². The van der Waals surface area contributed by atoms with Crippen LogP contribution in [0.2, 0.25) is 0 Å². The number of benzene rings is 3. The SMILES string of the molecule is Cc1ccc(P(c2ccccc2)c2cccc(C)c2)cc1. The molecular formula is C20H19P. The van der Waals surface area contributed by atoms with E-state index in [1.165, 1.54) is 27.0 Å². The summed E-state index contributed by atoms with van der Waals surface area (Å²) in [6.45, 7) is 4.30. The normalized spacial score (nSPS) is 12.1. The molecule has 0 radical (unpaired) electrons. The molecule has 0 saturated carbocycles. The molecule has 3 aromatic carbocycles. The Morgan fingerprint density at radius 2 is 1.14 bits per heavy atom. The lowest BCUT2D eigenvalue weighted by atomic mass is 10.2. The molecule has 0 nitrogen and oxygen atoms in total. The van der Waals surface area contributed by atoms with E-state index in [1.807, 2.05) is 0 Å². The number of aryl methyl sites for hydroxylation is 2. The fourth-order valence-electron chi connectivity index (χ4n) is 2.49. The third-order valence-corrected chi connectivity index (χ3v) is 5.99. The quantitative estimate of drug-likeness (QED) is 0.638. The highest BCUT2D eigenvalue weighted by Gasteiger charge is 2.15. The lowest BCUT2D eigenvalue weighted by molar-refractivity contribution is 1.49. The molecule has 0 bridgehead atoms. The van der Waals surface area contributed by atoms with Crippen molar-refractivity contribution in [3.8, 4) is 0 Å². The molecule has 0 aliphatic carbocycles. The summed E-state index contributed by atoms with van der Waals surface area (Å²) >= 11 is 0. The second-order valence-corrected chi connectivity index (χ2v) is 7.57. The fraction of sp³-hybridized carbons (Fsp3) is 0.100. The summed E-state index contributed by atoms with van der Waals surface area (Å²) in [6, 6.07) is 28.7. The maximum Gasteiger partial charge on any atom is -0.0134 e. The largest absolute Gasteiger partial charge is 0.0622 e. The maximum absolute atomic E-state index is 2.32. The predicted molar refractivity (Wildman–Crippen MR) is 94.6 cm³/mol. The molecular weight excluding hydrogens is 271 g/mol. The van der Waals surface area contributed by atoms with Crippen molar-refractivity contribution in [2.24, 2.45) is 0 Å². The molecule has 0 heterocycles. The molecule has 0 aliphatic rings. The van der Waals surface area contributed by atoms with Crippen molar-refractivity contribution < 1.29 is 0 Å². The minimum Gasteiger partial charge on any atom is -0.0622 e. The molecule has 0 aromatic heterocycles. The Morgan fingerprint density at radius 3 is 1.81 bits per heavy atom. The summed E-state index contributed by atoms with van der Waals surface area (Å²) in [7, 11) is -0.475. The van der Waals surface area contributed by atoms with E-state index in [0.29, 0.717) is 0 Å². The van der Waals surface area contributed by atoms with Crippen LogP contribution < -0.4 is 15.9 Å². The van der Waals surface area contributed by atoms with Crippen LogP contribution in [0.25, 0.3) is 0 Å². The van der Waals surface area contributed by atoms with Gasteiger partial charge in [-0.05, 0) is 37.7 Å². The lowest BCUT2D eigenvalue weighted by Gasteiger charge is -2.19. The number of hydrogen-bond donors (Lipinski definition) is 0. The van der Waals surface area contributed by atoms with E-state index in [9.17, 15) is 0 Å². The van der Waals surface area contributed by atoms with Gasteiger partial charge in [-0.15, -0.1) is 0 Å². The van der Waals surface area contributed by atoms with Gasteiger partial charge >= 0.3 is 0 Å². The van der Waals surface area contributed by atoms with E-state index in [0.717, 1.165) is 0 Å². The summed E-state index contributed by atoms with van der Waals surface area (Å²) in [5, 5.41) is 4.23. The minimum absolute atomic E-state index is 0.475. The van der Waals surface area contributed by atoms with Crippen LogP contribution in [0, 0.1) is 13.8 Å². The molecule has 0 N–H and O–H groups in total. The molecule has 104 valence electrons. The average molecular weight is 290 g/mol. The highest BCUT2D eigenvalue weighted by molar-refractivity contribution is 7.79. The van der Waals surface area contributed by atoms with Crippen LogP contribution in [-0.2, 0) is 0 Å². The van der Waals surface area contributed by atoms with E-state index < -0.39 is 7.92 Å². The predicted octanol–water partition coefficient (Wildman–Crippen LogP) is 4.06. The molecule has 21 heavy (non-hydrogen) atoms. The monoisotopic (exact) mass is 290 g/mol. The third kappa shape index (κ3) is 3.23. The van der Waals surface area contributed by atoms with E-state index in [-0.39, 0.29) is 0 Å². The Balaban J connectivity index is 2.13. The molecule has 0 aliphatic heterocycles. The van der Waals surface area contributed by atoms with E-state index >= 15 is 0 Å². The first-order chi connectivity index (χ1) is 10.2. The van der Waals surface area contributed by atoms with Crippen LogP contribution in [0.1, 0.15) is 11.1 Å². The summed E-state index contributed by atoms with van der Waals surface area (Å²) in [5.74, 6) is 0. The van der Waals surface area contributed by atoms with Crippen LogP contribution >= 0.6 is 7.92 Å². The first-order valence-corrected chi connectivity index (χ1v) is 8.57. The summed E-state index contributed by atoms with van der Waals surface area (Å²) < 4.78 is 0. The lowest BCUT2D eigenvalue weighted by Crippen LogP contribution is -2.20. The first kappa shape index (κ1) is 14.0. The highest BCUT2D eigenvalue weighted by Crippen LogP contribution is 2.32. The molecule has 1 heteroatoms. The summed E-state index contributed by atoms with van der Waals surface area (Å²) in [4.78, 5) is 0. The smallest absolute Gasteiger partial charge is 0.0134 e. The van der Waals surface area contributed by atoms with Crippen LogP contribution in [0.5, 0.6) is 0 Å². The molecule has 1 unspecified atom stereocenters. The van der Waals surface area contributed by atoms with Gasteiger partial charge in [-0.3, -0.25) is 0 Å². The zero-order chi connectivity index (χ0) is 14.7. The second-order valence-electron chi connectivity index (χ2n) is 5.35. The average Bonchev–Trinajstić information content (AvgIpc) is 2.51. The van der Waals surface area contributed by atoms with Gasteiger partial charge in [-0.25, -0.2) is 0 Å².